The monoisotopic (exact) mass is 554 g/mol. The second kappa shape index (κ2) is 7.26. The van der Waals surface area contributed by atoms with Crippen molar-refractivity contribution in [3.05, 3.63) is 11.6 Å². The first kappa shape index (κ1) is 26.4. The molecule has 8 rings (SSSR count). The number of carbonyl (C=O) groups is 2. The Kier molecular flexibility index (Phi) is 4.78. The zero-order valence-corrected chi connectivity index (χ0v) is 25.4. The molecule has 40 heavy (non-hydrogen) atoms. The Morgan fingerprint density at radius 3 is 2.48 bits per heavy atom. The molecule has 0 N–H and O–H groups in total. The summed E-state index contributed by atoms with van der Waals surface area (Å²) in [5.74, 6) is 0.263. The van der Waals surface area contributed by atoms with Crippen LogP contribution >= 0.6 is 0 Å². The van der Waals surface area contributed by atoms with E-state index in [1.807, 2.05) is 0 Å². The number of allylic oxidation sites excluding steroid dienone is 2. The van der Waals surface area contributed by atoms with E-state index in [0.29, 0.717) is 18.1 Å². The van der Waals surface area contributed by atoms with Gasteiger partial charge in [-0.1, -0.05) is 46.3 Å². The summed E-state index contributed by atoms with van der Waals surface area (Å²) in [6, 6.07) is 0. The molecule has 0 aromatic carbocycles. The summed E-state index contributed by atoms with van der Waals surface area (Å²) in [5.41, 5.74) is 0.462. The van der Waals surface area contributed by atoms with E-state index in [-0.39, 0.29) is 63.2 Å². The Labute approximate surface area is 238 Å². The second-order valence-electron chi connectivity index (χ2n) is 16.1. The molecule has 0 amide bonds. The van der Waals surface area contributed by atoms with Crippen LogP contribution < -0.4 is 0 Å². The van der Waals surface area contributed by atoms with Gasteiger partial charge in [0.25, 0.3) is 0 Å². The quantitative estimate of drug-likeness (QED) is 0.259. The van der Waals surface area contributed by atoms with E-state index in [4.69, 9.17) is 23.7 Å². The molecule has 13 atom stereocenters. The number of fused-ring (bicyclic) bond motifs is 6. The summed E-state index contributed by atoms with van der Waals surface area (Å²) in [7, 11) is 1.67. The van der Waals surface area contributed by atoms with Crippen LogP contribution in [0.15, 0.2) is 11.6 Å². The molecule has 3 aliphatic heterocycles. The number of ketones is 1. The van der Waals surface area contributed by atoms with E-state index < -0.39 is 17.7 Å². The lowest BCUT2D eigenvalue weighted by atomic mass is 9.44. The fraction of sp³-hybridized carbons (Fsp3) is 0.879. The Balaban J connectivity index is 1.23. The zero-order chi connectivity index (χ0) is 28.5. The zero-order valence-electron chi connectivity index (χ0n) is 25.4. The normalized spacial score (nSPS) is 60.0. The van der Waals surface area contributed by atoms with Gasteiger partial charge in [0.2, 0.25) is 5.79 Å². The lowest BCUT2D eigenvalue weighted by Gasteiger charge is -2.61. The second-order valence-corrected chi connectivity index (χ2v) is 16.1. The van der Waals surface area contributed by atoms with Crippen LogP contribution in [-0.2, 0) is 33.3 Å². The van der Waals surface area contributed by atoms with Crippen LogP contribution in [0.3, 0.4) is 0 Å². The van der Waals surface area contributed by atoms with Crippen molar-refractivity contribution in [2.24, 2.45) is 44.8 Å². The van der Waals surface area contributed by atoms with Crippen LogP contribution in [0, 0.1) is 44.8 Å². The van der Waals surface area contributed by atoms with Crippen LogP contribution in [0.25, 0.3) is 0 Å². The topological polar surface area (TPSA) is 83.6 Å². The number of esters is 1. The molecule has 4 saturated carbocycles. The van der Waals surface area contributed by atoms with Crippen LogP contribution in [0.4, 0.5) is 0 Å². The maximum Gasteiger partial charge on any atom is 0.302 e. The highest BCUT2D eigenvalue weighted by Gasteiger charge is 2.85. The average molecular weight is 555 g/mol. The highest BCUT2D eigenvalue weighted by molar-refractivity contribution is 5.86. The molecule has 5 aliphatic carbocycles. The SMILES string of the molecule is CO[C@@H]1O[C@]2(C[C@@H](C)[C@H]3[C@H](C[C@@]4(C)C5=CCC6C(C)(C)C(=O)CC[C@@]67C[C@@]57C[C@@H](OC(C)=O)[C@]34C)O2)[C@@H]2O[C@]12C. The van der Waals surface area contributed by atoms with E-state index in [0.717, 1.165) is 38.5 Å². The molecule has 7 fully saturated rings. The van der Waals surface area contributed by atoms with Gasteiger partial charge in [-0.25, -0.2) is 0 Å². The molecule has 1 unspecified atom stereocenters. The standard InChI is InChI=1S/C33H46O7/c1-17-13-33(25-30(7,39-25)26(36-8)40-33)38-19-14-28(5)21-10-9-20-27(3,4)22(35)11-12-31(20)16-32(21,31)15-23(37-18(2)34)29(28,6)24(17)19/h10,17,19-20,23-26H,9,11-16H2,1-8H3/t17-,19+,20?,23-,24+,25-,26-,28+,29-,30+,31-,32+,33-/m1/s1. The van der Waals surface area contributed by atoms with Crippen LogP contribution in [0.5, 0.6) is 0 Å². The number of epoxide rings is 1. The molecule has 7 heteroatoms. The molecular weight excluding hydrogens is 508 g/mol. The van der Waals surface area contributed by atoms with Crippen molar-refractivity contribution in [2.45, 2.75) is 129 Å². The minimum absolute atomic E-state index is 0.000135. The maximum atomic E-state index is 13.1. The van der Waals surface area contributed by atoms with Gasteiger partial charge in [-0.15, -0.1) is 0 Å². The third-order valence-electron chi connectivity index (χ3n) is 14.4. The maximum absolute atomic E-state index is 13.1. The number of rotatable bonds is 2. The van der Waals surface area contributed by atoms with Gasteiger partial charge in [-0.3, -0.25) is 9.59 Å². The van der Waals surface area contributed by atoms with Gasteiger partial charge in [-0.2, -0.15) is 0 Å². The van der Waals surface area contributed by atoms with Crippen LogP contribution in [0.2, 0.25) is 0 Å². The van der Waals surface area contributed by atoms with E-state index >= 15 is 0 Å². The molecule has 3 heterocycles. The molecule has 8 aliphatic rings. The highest BCUT2D eigenvalue weighted by atomic mass is 16.8. The predicted molar refractivity (Wildman–Crippen MR) is 145 cm³/mol. The van der Waals surface area contributed by atoms with Crippen molar-refractivity contribution in [3.63, 3.8) is 0 Å². The van der Waals surface area contributed by atoms with Crippen molar-refractivity contribution < 1.29 is 33.3 Å². The molecule has 0 radical (unpaired) electrons. The summed E-state index contributed by atoms with van der Waals surface area (Å²) < 4.78 is 31.9. The number of Topliss-reactive ketones (excluding diaryl/α,β-unsaturated/α-hetero) is 1. The van der Waals surface area contributed by atoms with Gasteiger partial charge in [0.15, 0.2) is 6.29 Å². The van der Waals surface area contributed by atoms with Gasteiger partial charge >= 0.3 is 5.97 Å². The van der Waals surface area contributed by atoms with Gasteiger partial charge in [0, 0.05) is 48.5 Å². The molecule has 3 spiro atoms. The third kappa shape index (κ3) is 2.62. The van der Waals surface area contributed by atoms with Gasteiger partial charge in [0.1, 0.15) is 23.6 Å². The summed E-state index contributed by atoms with van der Waals surface area (Å²) in [6.07, 6.45) is 7.90. The smallest absolute Gasteiger partial charge is 0.302 e. The van der Waals surface area contributed by atoms with Crippen molar-refractivity contribution >= 4 is 11.8 Å². The number of ether oxygens (including phenoxy) is 5. The number of methoxy groups -OCH3 is 1. The fourth-order valence-electron chi connectivity index (χ4n) is 12.6. The Morgan fingerprint density at radius 2 is 1.80 bits per heavy atom. The minimum Gasteiger partial charge on any atom is -0.462 e. The lowest BCUT2D eigenvalue weighted by Crippen LogP contribution is -2.61. The molecule has 0 aromatic rings. The molecule has 220 valence electrons. The first-order chi connectivity index (χ1) is 18.7. The first-order valence-corrected chi connectivity index (χ1v) is 15.6. The number of hydrogen-bond acceptors (Lipinski definition) is 7. The van der Waals surface area contributed by atoms with Crippen molar-refractivity contribution in [2.75, 3.05) is 7.11 Å². The molecule has 3 saturated heterocycles. The first-order valence-electron chi connectivity index (χ1n) is 15.6. The van der Waals surface area contributed by atoms with E-state index in [1.165, 1.54) is 0 Å². The summed E-state index contributed by atoms with van der Waals surface area (Å²) >= 11 is 0. The Morgan fingerprint density at radius 1 is 1.05 bits per heavy atom. The van der Waals surface area contributed by atoms with E-state index in [2.05, 4.69) is 47.6 Å². The van der Waals surface area contributed by atoms with Crippen molar-refractivity contribution in [1.29, 1.82) is 0 Å². The van der Waals surface area contributed by atoms with Gasteiger partial charge in [0.05, 0.1) is 6.10 Å². The minimum atomic E-state index is -0.800. The van der Waals surface area contributed by atoms with Crippen LogP contribution in [0.1, 0.15) is 93.4 Å². The van der Waals surface area contributed by atoms with Crippen LogP contribution in [-0.4, -0.2) is 54.9 Å². The van der Waals surface area contributed by atoms with E-state index in [9.17, 15) is 9.59 Å². The Bertz CT molecular complexity index is 1260. The largest absolute Gasteiger partial charge is 0.462 e. The molecule has 0 bridgehead atoms. The average Bonchev–Trinajstić information content (AvgIpc) is 3.70. The third-order valence-corrected chi connectivity index (χ3v) is 14.4. The summed E-state index contributed by atoms with van der Waals surface area (Å²) in [6.45, 7) is 15.1. The van der Waals surface area contributed by atoms with Crippen molar-refractivity contribution in [1.82, 2.24) is 0 Å². The number of carbonyl (C=O) groups excluding carboxylic acids is 2. The van der Waals surface area contributed by atoms with Gasteiger partial charge in [-0.05, 0) is 62.2 Å². The molecule has 0 aromatic heterocycles. The fourth-order valence-corrected chi connectivity index (χ4v) is 12.6. The lowest BCUT2D eigenvalue weighted by molar-refractivity contribution is -0.349. The van der Waals surface area contributed by atoms with Crippen molar-refractivity contribution in [3.8, 4) is 0 Å². The predicted octanol–water partition coefficient (Wildman–Crippen LogP) is 5.35. The number of hydrogen-bond donors (Lipinski definition) is 0. The summed E-state index contributed by atoms with van der Waals surface area (Å²) in [4.78, 5) is 25.8. The molecular formula is C33H46O7. The summed E-state index contributed by atoms with van der Waals surface area (Å²) in [5, 5.41) is 0. The van der Waals surface area contributed by atoms with Gasteiger partial charge < -0.3 is 23.7 Å². The van der Waals surface area contributed by atoms with E-state index in [1.54, 1.807) is 19.6 Å². The highest BCUT2D eigenvalue weighted by Crippen LogP contribution is 2.88. The Hall–Kier alpha value is -1.28. The molecule has 7 nitrogen and oxygen atoms in total.